The minimum Gasteiger partial charge on any atom is -0.497 e. The highest BCUT2D eigenvalue weighted by Crippen LogP contribution is 2.20. The Bertz CT molecular complexity index is 695. The molecule has 0 saturated carbocycles. The molecule has 1 aromatic carbocycles. The molecule has 2 aromatic rings. The number of methoxy groups -OCH3 is 1. The number of urea groups is 1. The van der Waals surface area contributed by atoms with Crippen LogP contribution in [0, 0.1) is 0 Å². The number of aryl methyl sites for hydroxylation is 1. The molecule has 0 aliphatic heterocycles. The Kier molecular flexibility index (Phi) is 4.82. The fourth-order valence-corrected chi connectivity index (χ4v) is 2.02. The molecule has 8 nitrogen and oxygen atoms in total. The summed E-state index contributed by atoms with van der Waals surface area (Å²) in [4.78, 5) is 26.4. The molecule has 22 heavy (non-hydrogen) atoms. The summed E-state index contributed by atoms with van der Waals surface area (Å²) in [6.07, 6.45) is -0.112. The quantitative estimate of drug-likeness (QED) is 0.734. The third kappa shape index (κ3) is 3.66. The number of nitrogens with one attached hydrogen (secondary N) is 2. The number of hydrogen-bond acceptors (Lipinski definition) is 4. The first-order valence-electron chi connectivity index (χ1n) is 6.74. The molecular weight excluding hydrogens is 288 g/mol. The molecule has 0 spiro atoms. The molecule has 2 amide bonds. The lowest BCUT2D eigenvalue weighted by atomic mass is 10.3. The predicted molar refractivity (Wildman–Crippen MR) is 79.8 cm³/mol. The molecule has 0 aliphatic rings. The van der Waals surface area contributed by atoms with Crippen molar-refractivity contribution in [3.63, 3.8) is 0 Å². The van der Waals surface area contributed by atoms with Crippen molar-refractivity contribution in [3.05, 3.63) is 24.0 Å². The third-order valence-corrected chi connectivity index (χ3v) is 3.21. The van der Waals surface area contributed by atoms with Gasteiger partial charge in [0.2, 0.25) is 0 Å². The van der Waals surface area contributed by atoms with Crippen LogP contribution < -0.4 is 15.4 Å². The summed E-state index contributed by atoms with van der Waals surface area (Å²) in [5.41, 5.74) is 1.72. The van der Waals surface area contributed by atoms with Crippen molar-refractivity contribution in [2.24, 2.45) is 7.05 Å². The van der Waals surface area contributed by atoms with Gasteiger partial charge >= 0.3 is 12.0 Å². The largest absolute Gasteiger partial charge is 0.497 e. The van der Waals surface area contributed by atoms with E-state index >= 15 is 0 Å². The molecule has 0 radical (unpaired) electrons. The Balaban J connectivity index is 1.98. The molecule has 1 heterocycles. The van der Waals surface area contributed by atoms with Crippen molar-refractivity contribution in [3.8, 4) is 5.75 Å². The van der Waals surface area contributed by atoms with E-state index in [0.717, 1.165) is 16.8 Å². The smallest absolute Gasteiger partial charge is 0.315 e. The fourth-order valence-electron chi connectivity index (χ4n) is 2.02. The lowest BCUT2D eigenvalue weighted by molar-refractivity contribution is -0.136. The van der Waals surface area contributed by atoms with Crippen LogP contribution in [-0.2, 0) is 18.4 Å². The second-order valence-corrected chi connectivity index (χ2v) is 4.69. The highest BCUT2D eigenvalue weighted by Gasteiger charge is 2.10. The van der Waals surface area contributed by atoms with Gasteiger partial charge in [0.05, 0.1) is 31.1 Å². The van der Waals surface area contributed by atoms with Gasteiger partial charge in [0.25, 0.3) is 0 Å². The molecule has 0 atom stereocenters. The average molecular weight is 306 g/mol. The van der Waals surface area contributed by atoms with Crippen LogP contribution in [0.5, 0.6) is 5.75 Å². The van der Waals surface area contributed by atoms with Crippen LogP contribution in [0.1, 0.15) is 12.2 Å². The number of carbonyl (C=O) groups excluding carboxylic acids is 1. The molecule has 0 aliphatic carbocycles. The van der Waals surface area contributed by atoms with Crippen LogP contribution in [0.25, 0.3) is 11.0 Å². The van der Waals surface area contributed by atoms with Gasteiger partial charge in [-0.25, -0.2) is 9.78 Å². The summed E-state index contributed by atoms with van der Waals surface area (Å²) in [7, 11) is 3.45. The van der Waals surface area contributed by atoms with Gasteiger partial charge in [-0.05, 0) is 12.1 Å². The molecule has 1 aromatic heterocycles. The molecule has 0 bridgehead atoms. The van der Waals surface area contributed by atoms with Gasteiger partial charge in [-0.3, -0.25) is 4.79 Å². The number of imidazole rings is 1. The molecule has 118 valence electrons. The number of aliphatic carboxylic acids is 1. The molecule has 0 saturated heterocycles. The monoisotopic (exact) mass is 306 g/mol. The summed E-state index contributed by atoms with van der Waals surface area (Å²) in [5, 5.41) is 13.6. The lowest BCUT2D eigenvalue weighted by Gasteiger charge is -2.06. The molecule has 0 fully saturated rings. The van der Waals surface area contributed by atoms with E-state index in [1.54, 1.807) is 7.11 Å². The van der Waals surface area contributed by atoms with Gasteiger partial charge in [-0.1, -0.05) is 0 Å². The van der Waals surface area contributed by atoms with E-state index in [1.807, 2.05) is 29.8 Å². The van der Waals surface area contributed by atoms with Gasteiger partial charge < -0.3 is 25.0 Å². The Labute approximate surface area is 127 Å². The Hall–Kier alpha value is -2.77. The SMILES string of the molecule is COc1ccc2c(c1)nc(CNC(=O)NCCC(=O)O)n2C. The number of fused-ring (bicyclic) bond motifs is 1. The first kappa shape index (κ1) is 15.6. The van der Waals surface area contributed by atoms with Crippen molar-refractivity contribution < 1.29 is 19.4 Å². The number of ether oxygens (including phenoxy) is 1. The van der Waals surface area contributed by atoms with E-state index in [2.05, 4.69) is 15.6 Å². The van der Waals surface area contributed by atoms with E-state index in [9.17, 15) is 9.59 Å². The predicted octanol–water partition coefficient (Wildman–Crippen LogP) is 0.856. The van der Waals surface area contributed by atoms with E-state index in [0.29, 0.717) is 5.82 Å². The van der Waals surface area contributed by atoms with Crippen molar-refractivity contribution in [2.75, 3.05) is 13.7 Å². The minimum atomic E-state index is -0.954. The molecule has 8 heteroatoms. The van der Waals surface area contributed by atoms with Gasteiger partial charge in [0, 0.05) is 19.7 Å². The summed E-state index contributed by atoms with van der Waals surface area (Å²) in [6, 6.07) is 5.15. The van der Waals surface area contributed by atoms with Crippen molar-refractivity contribution in [1.82, 2.24) is 20.2 Å². The van der Waals surface area contributed by atoms with Crippen LogP contribution in [-0.4, -0.2) is 40.3 Å². The molecule has 0 unspecified atom stereocenters. The molecular formula is C14H18N4O4. The van der Waals surface area contributed by atoms with Crippen molar-refractivity contribution in [1.29, 1.82) is 0 Å². The number of amides is 2. The Morgan fingerprint density at radius 1 is 1.36 bits per heavy atom. The summed E-state index contributed by atoms with van der Waals surface area (Å²) >= 11 is 0. The zero-order valence-corrected chi connectivity index (χ0v) is 12.4. The highest BCUT2D eigenvalue weighted by molar-refractivity contribution is 5.78. The first-order valence-corrected chi connectivity index (χ1v) is 6.74. The zero-order valence-electron chi connectivity index (χ0n) is 12.4. The summed E-state index contributed by atoms with van der Waals surface area (Å²) < 4.78 is 7.04. The van der Waals surface area contributed by atoms with Crippen LogP contribution >= 0.6 is 0 Å². The lowest BCUT2D eigenvalue weighted by Crippen LogP contribution is -2.36. The van der Waals surface area contributed by atoms with Crippen LogP contribution in [0.15, 0.2) is 18.2 Å². The van der Waals surface area contributed by atoms with Crippen molar-refractivity contribution in [2.45, 2.75) is 13.0 Å². The van der Waals surface area contributed by atoms with E-state index in [4.69, 9.17) is 9.84 Å². The number of carbonyl (C=O) groups is 2. The number of hydrogen-bond donors (Lipinski definition) is 3. The van der Waals surface area contributed by atoms with E-state index in [-0.39, 0.29) is 19.5 Å². The standard InChI is InChI=1S/C14H18N4O4/c1-18-11-4-3-9(22-2)7-10(11)17-12(18)8-16-14(21)15-6-5-13(19)20/h3-4,7H,5-6,8H2,1-2H3,(H,19,20)(H2,15,16,21). The van der Waals surface area contributed by atoms with E-state index in [1.165, 1.54) is 0 Å². The number of carboxylic acids is 1. The Morgan fingerprint density at radius 3 is 2.82 bits per heavy atom. The Morgan fingerprint density at radius 2 is 2.14 bits per heavy atom. The highest BCUT2D eigenvalue weighted by atomic mass is 16.5. The maximum atomic E-state index is 11.6. The van der Waals surface area contributed by atoms with Gasteiger partial charge in [0.15, 0.2) is 0 Å². The zero-order chi connectivity index (χ0) is 16.1. The van der Waals surface area contributed by atoms with Crippen molar-refractivity contribution >= 4 is 23.0 Å². The minimum absolute atomic E-state index is 0.0842. The van der Waals surface area contributed by atoms with Crippen LogP contribution in [0.4, 0.5) is 4.79 Å². The number of nitrogens with zero attached hydrogens (tertiary/aromatic N) is 2. The third-order valence-electron chi connectivity index (χ3n) is 3.21. The topological polar surface area (TPSA) is 105 Å². The first-order chi connectivity index (χ1) is 10.5. The number of rotatable bonds is 6. The number of carboxylic acid groups (broad SMARTS) is 1. The molecule has 3 N–H and O–H groups in total. The second-order valence-electron chi connectivity index (χ2n) is 4.69. The normalized spacial score (nSPS) is 10.5. The van der Waals surface area contributed by atoms with Gasteiger partial charge in [-0.15, -0.1) is 0 Å². The maximum absolute atomic E-state index is 11.6. The fraction of sp³-hybridized carbons (Fsp3) is 0.357. The molecule has 2 rings (SSSR count). The van der Waals surface area contributed by atoms with E-state index < -0.39 is 12.0 Å². The van der Waals surface area contributed by atoms with Gasteiger partial charge in [-0.2, -0.15) is 0 Å². The number of benzene rings is 1. The van der Waals surface area contributed by atoms with Gasteiger partial charge in [0.1, 0.15) is 11.6 Å². The van der Waals surface area contributed by atoms with Crippen LogP contribution in [0.2, 0.25) is 0 Å². The second kappa shape index (κ2) is 6.79. The number of aromatic nitrogens is 2. The summed E-state index contributed by atoms with van der Waals surface area (Å²) in [6.45, 7) is 0.327. The summed E-state index contributed by atoms with van der Waals surface area (Å²) in [5.74, 6) is 0.456. The maximum Gasteiger partial charge on any atom is 0.315 e. The average Bonchev–Trinajstić information content (AvgIpc) is 2.80. The van der Waals surface area contributed by atoms with Crippen LogP contribution in [0.3, 0.4) is 0 Å².